The second-order valence-corrected chi connectivity index (χ2v) is 8.05. The van der Waals surface area contributed by atoms with Crippen LogP contribution in [-0.4, -0.2) is 44.8 Å². The zero-order valence-corrected chi connectivity index (χ0v) is 17.9. The maximum absolute atomic E-state index is 12.5. The Labute approximate surface area is 178 Å². The molecule has 1 aliphatic rings. The van der Waals surface area contributed by atoms with E-state index in [-0.39, 0.29) is 36.6 Å². The van der Waals surface area contributed by atoms with E-state index < -0.39 is 0 Å². The van der Waals surface area contributed by atoms with Gasteiger partial charge >= 0.3 is 0 Å². The van der Waals surface area contributed by atoms with Crippen LogP contribution in [0.5, 0.6) is 0 Å². The number of aromatic nitrogens is 2. The van der Waals surface area contributed by atoms with Gasteiger partial charge in [0, 0.05) is 36.4 Å². The fourth-order valence-electron chi connectivity index (χ4n) is 3.03. The maximum atomic E-state index is 12.5. The van der Waals surface area contributed by atoms with Gasteiger partial charge < -0.3 is 5.32 Å². The predicted molar refractivity (Wildman–Crippen MR) is 114 cm³/mol. The van der Waals surface area contributed by atoms with E-state index in [2.05, 4.69) is 10.4 Å². The number of thioether (sulfide) groups is 1. The summed E-state index contributed by atoms with van der Waals surface area (Å²) < 4.78 is 1.74. The molecule has 9 heteroatoms. The molecule has 7 nitrogen and oxygen atoms in total. The van der Waals surface area contributed by atoms with Crippen molar-refractivity contribution < 1.29 is 14.4 Å². The Kier molecular flexibility index (Phi) is 6.44. The number of amides is 3. The number of benzene rings is 1. The highest BCUT2D eigenvalue weighted by Gasteiger charge is 2.34. The molecular weight excluding hydrogens is 412 g/mol. The van der Waals surface area contributed by atoms with Crippen molar-refractivity contribution in [1.29, 1.82) is 0 Å². The van der Waals surface area contributed by atoms with Crippen molar-refractivity contribution in [2.45, 2.75) is 20.3 Å². The van der Waals surface area contributed by atoms with E-state index in [1.807, 2.05) is 27.0 Å². The van der Waals surface area contributed by atoms with Gasteiger partial charge in [0.1, 0.15) is 0 Å². The summed E-state index contributed by atoms with van der Waals surface area (Å²) in [6.45, 7) is 4.07. The first kappa shape index (κ1) is 21.1. The predicted octanol–water partition coefficient (Wildman–Crippen LogP) is 3.09. The Bertz CT molecular complexity index is 1020. The third-order valence-electron chi connectivity index (χ3n) is 4.72. The van der Waals surface area contributed by atoms with Crippen LogP contribution in [0.25, 0.3) is 6.08 Å². The Morgan fingerprint density at radius 3 is 2.66 bits per heavy atom. The lowest BCUT2D eigenvalue weighted by Crippen LogP contribution is -2.37. The minimum atomic E-state index is -0.381. The molecule has 1 fully saturated rings. The van der Waals surface area contributed by atoms with Gasteiger partial charge in [0.2, 0.25) is 5.91 Å². The summed E-state index contributed by atoms with van der Waals surface area (Å²) in [6, 6.07) is 7.10. The van der Waals surface area contributed by atoms with Crippen LogP contribution in [0.1, 0.15) is 22.5 Å². The van der Waals surface area contributed by atoms with Gasteiger partial charge in [0.25, 0.3) is 11.1 Å². The zero-order chi connectivity index (χ0) is 21.1. The van der Waals surface area contributed by atoms with Gasteiger partial charge in [0.05, 0.1) is 17.0 Å². The van der Waals surface area contributed by atoms with Crippen molar-refractivity contribution in [1.82, 2.24) is 20.0 Å². The number of carbonyl (C=O) groups is 3. The third-order valence-corrected chi connectivity index (χ3v) is 5.97. The lowest BCUT2D eigenvalue weighted by molar-refractivity contribution is -0.124. The van der Waals surface area contributed by atoms with E-state index in [0.717, 1.165) is 33.6 Å². The summed E-state index contributed by atoms with van der Waals surface area (Å²) in [7, 11) is 1.83. The summed E-state index contributed by atoms with van der Waals surface area (Å²) in [5.41, 5.74) is 3.32. The lowest BCUT2D eigenvalue weighted by Gasteiger charge is -2.13. The van der Waals surface area contributed by atoms with Crippen molar-refractivity contribution >= 4 is 46.5 Å². The number of carbonyl (C=O) groups excluding carboxylic acids is 3. The monoisotopic (exact) mass is 432 g/mol. The van der Waals surface area contributed by atoms with Crippen LogP contribution >= 0.6 is 23.4 Å². The van der Waals surface area contributed by atoms with E-state index in [1.165, 1.54) is 0 Å². The number of imide groups is 1. The van der Waals surface area contributed by atoms with E-state index in [9.17, 15) is 14.4 Å². The van der Waals surface area contributed by atoms with Gasteiger partial charge in [-0.3, -0.25) is 24.0 Å². The highest BCUT2D eigenvalue weighted by atomic mass is 35.5. The minimum Gasteiger partial charge on any atom is -0.354 e. The summed E-state index contributed by atoms with van der Waals surface area (Å²) in [5.74, 6) is -0.559. The minimum absolute atomic E-state index is 0.112. The van der Waals surface area contributed by atoms with Crippen LogP contribution in [0, 0.1) is 13.8 Å². The second-order valence-electron chi connectivity index (χ2n) is 6.65. The zero-order valence-electron chi connectivity index (χ0n) is 16.4. The average Bonchev–Trinajstić information content (AvgIpc) is 3.07. The van der Waals surface area contributed by atoms with Crippen LogP contribution in [0.2, 0.25) is 5.02 Å². The molecule has 1 aliphatic heterocycles. The number of hydrogen-bond donors (Lipinski definition) is 1. The van der Waals surface area contributed by atoms with Crippen LogP contribution < -0.4 is 5.32 Å². The SMILES string of the molecule is Cc1nn(C)c(C)c1CC(=O)NCCN1C(=O)SC(=Cc2ccccc2Cl)C1=O. The first-order valence-electron chi connectivity index (χ1n) is 9.03. The molecule has 1 aromatic heterocycles. The number of nitrogens with one attached hydrogen (secondary N) is 1. The molecule has 1 aromatic carbocycles. The van der Waals surface area contributed by atoms with Gasteiger partial charge in [-0.15, -0.1) is 0 Å². The summed E-state index contributed by atoms with van der Waals surface area (Å²) in [6.07, 6.45) is 1.82. The lowest BCUT2D eigenvalue weighted by atomic mass is 10.1. The molecule has 0 radical (unpaired) electrons. The first-order valence-corrected chi connectivity index (χ1v) is 10.2. The molecule has 0 saturated carbocycles. The second kappa shape index (κ2) is 8.84. The fraction of sp³-hybridized carbons (Fsp3) is 0.300. The Morgan fingerprint density at radius 1 is 1.28 bits per heavy atom. The first-order chi connectivity index (χ1) is 13.8. The van der Waals surface area contributed by atoms with E-state index in [0.29, 0.717) is 15.5 Å². The van der Waals surface area contributed by atoms with Crippen molar-refractivity contribution in [2.24, 2.45) is 7.05 Å². The molecule has 0 unspecified atom stereocenters. The Hall–Kier alpha value is -2.58. The van der Waals surface area contributed by atoms with Gasteiger partial charge in [-0.25, -0.2) is 0 Å². The molecule has 3 rings (SSSR count). The van der Waals surface area contributed by atoms with Gasteiger partial charge in [0.15, 0.2) is 0 Å². The normalized spacial score (nSPS) is 15.4. The number of halogens is 1. The Balaban J connectivity index is 1.57. The van der Waals surface area contributed by atoms with E-state index >= 15 is 0 Å². The van der Waals surface area contributed by atoms with Crippen LogP contribution in [0.3, 0.4) is 0 Å². The van der Waals surface area contributed by atoms with E-state index in [4.69, 9.17) is 11.6 Å². The maximum Gasteiger partial charge on any atom is 0.293 e. The standard InChI is InChI=1S/C20H21ClN4O3S/c1-12-15(13(2)24(3)23-12)11-18(26)22-8-9-25-19(27)17(29-20(25)28)10-14-6-4-5-7-16(14)21/h4-7,10H,8-9,11H2,1-3H3,(H,22,26). The smallest absolute Gasteiger partial charge is 0.293 e. The molecule has 3 amide bonds. The fourth-order valence-corrected chi connectivity index (χ4v) is 4.08. The van der Waals surface area contributed by atoms with Crippen molar-refractivity contribution in [2.75, 3.05) is 13.1 Å². The molecule has 29 heavy (non-hydrogen) atoms. The third kappa shape index (κ3) is 4.71. The molecule has 0 aliphatic carbocycles. The summed E-state index contributed by atoms with van der Waals surface area (Å²) in [5, 5.41) is 7.21. The van der Waals surface area contributed by atoms with Crippen LogP contribution in [0.15, 0.2) is 29.2 Å². The molecule has 1 saturated heterocycles. The molecule has 0 atom stereocenters. The number of rotatable bonds is 6. The topological polar surface area (TPSA) is 84.3 Å². The van der Waals surface area contributed by atoms with Crippen LogP contribution in [-0.2, 0) is 23.1 Å². The highest BCUT2D eigenvalue weighted by molar-refractivity contribution is 8.18. The van der Waals surface area contributed by atoms with Gasteiger partial charge in [-0.2, -0.15) is 5.10 Å². The van der Waals surface area contributed by atoms with Crippen molar-refractivity contribution in [3.63, 3.8) is 0 Å². The quantitative estimate of drug-likeness (QED) is 0.709. The van der Waals surface area contributed by atoms with E-state index in [1.54, 1.807) is 29.0 Å². The Morgan fingerprint density at radius 2 is 2.00 bits per heavy atom. The van der Waals surface area contributed by atoms with Crippen LogP contribution in [0.4, 0.5) is 4.79 Å². The molecule has 2 aromatic rings. The molecule has 0 bridgehead atoms. The molecule has 0 spiro atoms. The number of hydrogen-bond acceptors (Lipinski definition) is 5. The highest BCUT2D eigenvalue weighted by Crippen LogP contribution is 2.33. The number of nitrogens with zero attached hydrogens (tertiary/aromatic N) is 3. The van der Waals surface area contributed by atoms with Gasteiger partial charge in [-0.05, 0) is 43.3 Å². The number of aryl methyl sites for hydroxylation is 2. The average molecular weight is 433 g/mol. The molecule has 1 N–H and O–H groups in total. The van der Waals surface area contributed by atoms with Gasteiger partial charge in [-0.1, -0.05) is 29.8 Å². The summed E-state index contributed by atoms with van der Waals surface area (Å²) in [4.78, 5) is 38.4. The largest absolute Gasteiger partial charge is 0.354 e. The van der Waals surface area contributed by atoms with Crippen molar-refractivity contribution in [3.8, 4) is 0 Å². The molecule has 2 heterocycles. The van der Waals surface area contributed by atoms with Crippen molar-refractivity contribution in [3.05, 3.63) is 56.7 Å². The molecule has 152 valence electrons. The molecular formula is C20H21ClN4O3S. The summed E-state index contributed by atoms with van der Waals surface area (Å²) >= 11 is 6.98.